The Morgan fingerprint density at radius 2 is 1.95 bits per heavy atom. The Morgan fingerprint density at radius 3 is 2.42 bits per heavy atom. The number of alkyl halides is 2. The first-order valence-corrected chi connectivity index (χ1v) is 7.70. The van der Waals surface area contributed by atoms with Crippen molar-refractivity contribution in [2.75, 3.05) is 11.9 Å². The number of nitrogens with zero attached hydrogens (tertiary/aromatic N) is 2. The molecule has 0 aliphatic carbocycles. The minimum atomic E-state index is -1.32. The van der Waals surface area contributed by atoms with Crippen molar-refractivity contribution >= 4 is 49.8 Å². The zero-order valence-electron chi connectivity index (χ0n) is 9.96. The first kappa shape index (κ1) is 16.2. The third kappa shape index (κ3) is 3.82. The molecule has 0 aromatic rings. The molecule has 1 aliphatic heterocycles. The molecule has 2 N–H and O–H groups in total. The number of carboxylic acid groups (broad SMARTS) is 2. The molecular formula is C10H14Br2N2O5. The van der Waals surface area contributed by atoms with Crippen molar-refractivity contribution in [2.45, 2.75) is 30.1 Å². The number of hydrogen-bond donors (Lipinski definition) is 2. The summed E-state index contributed by atoms with van der Waals surface area (Å²) in [7, 11) is 0. The van der Waals surface area contributed by atoms with Crippen LogP contribution < -0.4 is 0 Å². The predicted molar refractivity (Wildman–Crippen MR) is 73.4 cm³/mol. The van der Waals surface area contributed by atoms with Crippen LogP contribution in [-0.4, -0.2) is 60.9 Å². The Balaban J connectivity index is 2.99. The SMILES string of the molecule is O=C(O)C1CCCN(C(=O)O)N1C(=O)C(Br)CCBr. The van der Waals surface area contributed by atoms with Gasteiger partial charge in [0.2, 0.25) is 0 Å². The zero-order valence-corrected chi connectivity index (χ0v) is 13.1. The number of carbonyl (C=O) groups excluding carboxylic acids is 1. The van der Waals surface area contributed by atoms with Gasteiger partial charge >= 0.3 is 12.1 Å². The second kappa shape index (κ2) is 7.09. The van der Waals surface area contributed by atoms with Gasteiger partial charge in [0.25, 0.3) is 5.91 Å². The summed E-state index contributed by atoms with van der Waals surface area (Å²) in [6, 6.07) is -1.13. The molecule has 1 saturated heterocycles. The molecule has 0 aromatic carbocycles. The van der Waals surface area contributed by atoms with Crippen molar-refractivity contribution in [2.24, 2.45) is 0 Å². The molecule has 108 valence electrons. The summed E-state index contributed by atoms with van der Waals surface area (Å²) < 4.78 is 0. The van der Waals surface area contributed by atoms with Crippen LogP contribution in [0.3, 0.4) is 0 Å². The number of halogens is 2. The number of aliphatic carboxylic acids is 1. The van der Waals surface area contributed by atoms with Gasteiger partial charge in [-0.05, 0) is 19.3 Å². The second-order valence-electron chi connectivity index (χ2n) is 4.03. The van der Waals surface area contributed by atoms with Crippen molar-refractivity contribution in [3.8, 4) is 0 Å². The number of hydrazine groups is 1. The van der Waals surface area contributed by atoms with Crippen LogP contribution in [-0.2, 0) is 9.59 Å². The lowest BCUT2D eigenvalue weighted by Crippen LogP contribution is -2.61. The minimum absolute atomic E-state index is 0.124. The normalized spacial score (nSPS) is 21.1. The average Bonchev–Trinajstić information content (AvgIpc) is 2.36. The molecule has 0 saturated carbocycles. The van der Waals surface area contributed by atoms with Crippen LogP contribution in [0.25, 0.3) is 0 Å². The Bertz CT molecular complexity index is 357. The third-order valence-electron chi connectivity index (χ3n) is 2.76. The molecule has 0 radical (unpaired) electrons. The quantitative estimate of drug-likeness (QED) is 0.695. The molecule has 0 spiro atoms. The molecule has 0 bridgehead atoms. The van der Waals surface area contributed by atoms with E-state index in [2.05, 4.69) is 31.9 Å². The van der Waals surface area contributed by atoms with Gasteiger partial charge in [-0.25, -0.2) is 19.6 Å². The molecule has 1 fully saturated rings. The topological polar surface area (TPSA) is 98.2 Å². The Labute approximate surface area is 126 Å². The van der Waals surface area contributed by atoms with Crippen LogP contribution in [0, 0.1) is 0 Å². The molecule has 7 nitrogen and oxygen atoms in total. The average molecular weight is 402 g/mol. The molecule has 2 amide bonds. The van der Waals surface area contributed by atoms with E-state index in [1.54, 1.807) is 0 Å². The van der Waals surface area contributed by atoms with Crippen molar-refractivity contribution < 1.29 is 24.6 Å². The van der Waals surface area contributed by atoms with Crippen molar-refractivity contribution in [3.05, 3.63) is 0 Å². The summed E-state index contributed by atoms with van der Waals surface area (Å²) in [6.45, 7) is 0.124. The largest absolute Gasteiger partial charge is 0.480 e. The third-order valence-corrected chi connectivity index (χ3v) is 4.07. The lowest BCUT2D eigenvalue weighted by molar-refractivity contribution is -0.169. The monoisotopic (exact) mass is 400 g/mol. The highest BCUT2D eigenvalue weighted by molar-refractivity contribution is 9.10. The fourth-order valence-corrected chi connectivity index (χ4v) is 3.39. The van der Waals surface area contributed by atoms with Crippen LogP contribution in [0.5, 0.6) is 0 Å². The van der Waals surface area contributed by atoms with Gasteiger partial charge < -0.3 is 10.2 Å². The summed E-state index contributed by atoms with van der Waals surface area (Å²) in [5.41, 5.74) is 0. The highest BCUT2D eigenvalue weighted by Crippen LogP contribution is 2.23. The molecule has 1 aliphatic rings. The number of carbonyl (C=O) groups is 3. The van der Waals surface area contributed by atoms with Gasteiger partial charge in [0.1, 0.15) is 0 Å². The number of hydrogen-bond acceptors (Lipinski definition) is 3. The number of amides is 2. The Kier molecular flexibility index (Phi) is 6.05. The molecule has 19 heavy (non-hydrogen) atoms. The van der Waals surface area contributed by atoms with Gasteiger partial charge in [0.15, 0.2) is 6.04 Å². The van der Waals surface area contributed by atoms with Gasteiger partial charge in [-0.3, -0.25) is 4.79 Å². The minimum Gasteiger partial charge on any atom is -0.480 e. The van der Waals surface area contributed by atoms with E-state index in [-0.39, 0.29) is 13.0 Å². The van der Waals surface area contributed by atoms with E-state index in [1.165, 1.54) is 0 Å². The van der Waals surface area contributed by atoms with Crippen LogP contribution in [0.15, 0.2) is 0 Å². The molecule has 2 unspecified atom stereocenters. The fraction of sp³-hybridized carbons (Fsp3) is 0.700. The number of rotatable bonds is 4. The summed E-state index contributed by atoms with van der Waals surface area (Å²) in [4.78, 5) is 33.9. The van der Waals surface area contributed by atoms with Crippen molar-refractivity contribution in [1.82, 2.24) is 10.0 Å². The summed E-state index contributed by atoms with van der Waals surface area (Å²) in [6.07, 6.45) is -0.218. The Morgan fingerprint density at radius 1 is 1.32 bits per heavy atom. The van der Waals surface area contributed by atoms with E-state index in [0.717, 1.165) is 10.0 Å². The first-order chi connectivity index (χ1) is 8.90. The second-order valence-corrected chi connectivity index (χ2v) is 5.93. The van der Waals surface area contributed by atoms with Crippen molar-refractivity contribution in [3.63, 3.8) is 0 Å². The van der Waals surface area contributed by atoms with Crippen molar-refractivity contribution in [1.29, 1.82) is 0 Å². The standard InChI is InChI=1S/C10H14Br2N2O5/c11-4-3-6(12)8(15)14-7(9(16)17)2-1-5-13(14)10(18)19/h6-7H,1-5H2,(H,16,17)(H,18,19). The maximum Gasteiger partial charge on any atom is 0.426 e. The van der Waals surface area contributed by atoms with Crippen LogP contribution in [0.2, 0.25) is 0 Å². The van der Waals surface area contributed by atoms with E-state index in [4.69, 9.17) is 10.2 Å². The van der Waals surface area contributed by atoms with E-state index >= 15 is 0 Å². The van der Waals surface area contributed by atoms with Gasteiger partial charge in [-0.1, -0.05) is 31.9 Å². The van der Waals surface area contributed by atoms with Gasteiger partial charge in [0, 0.05) is 11.9 Å². The molecular weight excluding hydrogens is 388 g/mol. The van der Waals surface area contributed by atoms with E-state index in [1.807, 2.05) is 0 Å². The Hall–Kier alpha value is -0.830. The molecule has 0 aromatic heterocycles. The van der Waals surface area contributed by atoms with Gasteiger partial charge in [-0.2, -0.15) is 0 Å². The lowest BCUT2D eigenvalue weighted by atomic mass is 10.1. The van der Waals surface area contributed by atoms with E-state index in [0.29, 0.717) is 18.2 Å². The summed E-state index contributed by atoms with van der Waals surface area (Å²) in [5, 5.41) is 20.4. The lowest BCUT2D eigenvalue weighted by Gasteiger charge is -2.41. The molecule has 9 heteroatoms. The summed E-state index contributed by atoms with van der Waals surface area (Å²) >= 11 is 6.34. The van der Waals surface area contributed by atoms with E-state index in [9.17, 15) is 14.4 Å². The molecule has 1 rings (SSSR count). The van der Waals surface area contributed by atoms with E-state index < -0.39 is 28.8 Å². The predicted octanol–water partition coefficient (Wildman–Crippen LogP) is 1.51. The molecule has 2 atom stereocenters. The van der Waals surface area contributed by atoms with Crippen LogP contribution in [0.1, 0.15) is 19.3 Å². The zero-order chi connectivity index (χ0) is 14.6. The van der Waals surface area contributed by atoms with Gasteiger partial charge in [0.05, 0.1) is 4.83 Å². The van der Waals surface area contributed by atoms with Crippen LogP contribution in [0.4, 0.5) is 4.79 Å². The molecule has 1 heterocycles. The highest BCUT2D eigenvalue weighted by atomic mass is 79.9. The maximum atomic E-state index is 12.2. The van der Waals surface area contributed by atoms with Crippen LogP contribution >= 0.6 is 31.9 Å². The highest BCUT2D eigenvalue weighted by Gasteiger charge is 2.41. The number of carboxylic acids is 1. The smallest absolute Gasteiger partial charge is 0.426 e. The fourth-order valence-electron chi connectivity index (χ4n) is 1.88. The van der Waals surface area contributed by atoms with Gasteiger partial charge in [-0.15, -0.1) is 0 Å². The summed E-state index contributed by atoms with van der Waals surface area (Å²) in [5.74, 6) is -1.74. The maximum absolute atomic E-state index is 12.2. The first-order valence-electron chi connectivity index (χ1n) is 5.66.